The van der Waals surface area contributed by atoms with E-state index < -0.39 is 12.1 Å². The number of ether oxygens (including phenoxy) is 2. The van der Waals surface area contributed by atoms with Crippen LogP contribution in [0.25, 0.3) is 0 Å². The fourth-order valence-electron chi connectivity index (χ4n) is 3.09. The number of nitrogens with zero attached hydrogens (tertiary/aromatic N) is 1. The van der Waals surface area contributed by atoms with E-state index in [9.17, 15) is 22.8 Å². The van der Waals surface area contributed by atoms with Crippen molar-refractivity contribution in [3.05, 3.63) is 23.8 Å². The van der Waals surface area contributed by atoms with E-state index in [4.69, 9.17) is 9.47 Å². The van der Waals surface area contributed by atoms with Gasteiger partial charge in [-0.15, -0.1) is 0 Å². The molecule has 26 heavy (non-hydrogen) atoms. The van der Waals surface area contributed by atoms with Crippen LogP contribution in [-0.2, 0) is 16.0 Å². The third-order valence-corrected chi connectivity index (χ3v) is 4.55. The highest BCUT2D eigenvalue weighted by Gasteiger charge is 2.43. The Labute approximate surface area is 148 Å². The molecule has 6 nitrogen and oxygen atoms in total. The number of nitrogens with one attached hydrogen (secondary N) is 1. The Kier molecular flexibility index (Phi) is 5.24. The third-order valence-electron chi connectivity index (χ3n) is 4.55. The van der Waals surface area contributed by atoms with Crippen molar-refractivity contribution in [2.45, 2.75) is 25.4 Å². The summed E-state index contributed by atoms with van der Waals surface area (Å²) in [5.41, 5.74) is 0.986. The number of benzene rings is 1. The first kappa shape index (κ1) is 18.3. The standard InChI is InChI=1S/C17H19F3N2O4/c18-17(19,20)16(24)22-7-4-12(5-8-22)15(23)21-6-3-11-1-2-13-14(9-11)26-10-25-13/h1-2,9,12H,3-8,10H2,(H,21,23). The first-order valence-electron chi connectivity index (χ1n) is 8.37. The number of rotatable bonds is 4. The molecule has 2 aliphatic heterocycles. The van der Waals surface area contributed by atoms with Crippen LogP contribution in [0.4, 0.5) is 13.2 Å². The van der Waals surface area contributed by atoms with E-state index in [1.165, 1.54) is 0 Å². The Hall–Kier alpha value is -2.45. The predicted molar refractivity (Wildman–Crippen MR) is 84.6 cm³/mol. The van der Waals surface area contributed by atoms with Gasteiger partial charge in [0.05, 0.1) is 0 Å². The van der Waals surface area contributed by atoms with Crippen molar-refractivity contribution in [1.29, 1.82) is 0 Å². The molecule has 0 atom stereocenters. The van der Waals surface area contributed by atoms with Crippen LogP contribution in [0.5, 0.6) is 11.5 Å². The molecule has 3 rings (SSSR count). The predicted octanol–water partition coefficient (Wildman–Crippen LogP) is 1.87. The summed E-state index contributed by atoms with van der Waals surface area (Å²) in [7, 11) is 0. The Morgan fingerprint density at radius 1 is 1.15 bits per heavy atom. The van der Waals surface area contributed by atoms with Gasteiger partial charge in [-0.1, -0.05) is 6.07 Å². The second-order valence-corrected chi connectivity index (χ2v) is 6.29. The molecule has 1 saturated heterocycles. The van der Waals surface area contributed by atoms with Gasteiger partial charge >= 0.3 is 12.1 Å². The smallest absolute Gasteiger partial charge is 0.454 e. The largest absolute Gasteiger partial charge is 0.471 e. The lowest BCUT2D eigenvalue weighted by Gasteiger charge is -2.31. The summed E-state index contributed by atoms with van der Waals surface area (Å²) in [5, 5.41) is 2.81. The van der Waals surface area contributed by atoms with Crippen molar-refractivity contribution in [3.8, 4) is 11.5 Å². The van der Waals surface area contributed by atoms with Crippen LogP contribution in [0.3, 0.4) is 0 Å². The van der Waals surface area contributed by atoms with E-state index in [0.29, 0.717) is 24.5 Å². The highest BCUT2D eigenvalue weighted by atomic mass is 19.4. The molecule has 0 aliphatic carbocycles. The number of hydrogen-bond donors (Lipinski definition) is 1. The molecule has 0 bridgehead atoms. The number of carbonyl (C=O) groups is 2. The molecule has 1 fully saturated rings. The lowest BCUT2D eigenvalue weighted by molar-refractivity contribution is -0.186. The van der Waals surface area contributed by atoms with Gasteiger partial charge in [0.2, 0.25) is 12.7 Å². The van der Waals surface area contributed by atoms with E-state index in [-0.39, 0.29) is 44.5 Å². The molecule has 2 aliphatic rings. The van der Waals surface area contributed by atoms with Crippen molar-refractivity contribution < 1.29 is 32.2 Å². The Bertz CT molecular complexity index is 685. The molecular weight excluding hydrogens is 353 g/mol. The van der Waals surface area contributed by atoms with Gasteiger partial charge in [0.15, 0.2) is 11.5 Å². The molecule has 2 amide bonds. The van der Waals surface area contributed by atoms with Crippen molar-refractivity contribution in [2.75, 3.05) is 26.4 Å². The Balaban J connectivity index is 1.41. The molecular formula is C17H19F3N2O4. The van der Waals surface area contributed by atoms with Gasteiger partial charge in [-0.2, -0.15) is 13.2 Å². The number of amides is 2. The second-order valence-electron chi connectivity index (χ2n) is 6.29. The highest BCUT2D eigenvalue weighted by Crippen LogP contribution is 2.32. The molecule has 0 radical (unpaired) electrons. The van der Waals surface area contributed by atoms with E-state index in [0.717, 1.165) is 10.5 Å². The van der Waals surface area contributed by atoms with Gasteiger partial charge in [0.25, 0.3) is 0 Å². The van der Waals surface area contributed by atoms with Crippen LogP contribution in [0.1, 0.15) is 18.4 Å². The maximum atomic E-state index is 12.4. The van der Waals surface area contributed by atoms with E-state index >= 15 is 0 Å². The molecule has 0 saturated carbocycles. The average molecular weight is 372 g/mol. The van der Waals surface area contributed by atoms with Crippen LogP contribution < -0.4 is 14.8 Å². The Morgan fingerprint density at radius 2 is 1.85 bits per heavy atom. The van der Waals surface area contributed by atoms with Gasteiger partial charge < -0.3 is 19.7 Å². The lowest BCUT2D eigenvalue weighted by Crippen LogP contribution is -2.47. The van der Waals surface area contributed by atoms with Crippen molar-refractivity contribution in [2.24, 2.45) is 5.92 Å². The molecule has 1 N–H and O–H groups in total. The third kappa shape index (κ3) is 4.20. The monoisotopic (exact) mass is 372 g/mol. The van der Waals surface area contributed by atoms with E-state index in [1.54, 1.807) is 0 Å². The number of likely N-dealkylation sites (tertiary alicyclic amines) is 1. The minimum Gasteiger partial charge on any atom is -0.454 e. The van der Waals surface area contributed by atoms with Crippen molar-refractivity contribution in [3.63, 3.8) is 0 Å². The lowest BCUT2D eigenvalue weighted by atomic mass is 9.95. The molecule has 1 aromatic carbocycles. The molecule has 1 aromatic rings. The number of halogens is 3. The minimum atomic E-state index is -4.86. The zero-order valence-electron chi connectivity index (χ0n) is 14.0. The molecule has 2 heterocycles. The summed E-state index contributed by atoms with van der Waals surface area (Å²) in [5.74, 6) is -1.03. The summed E-state index contributed by atoms with van der Waals surface area (Å²) < 4.78 is 47.8. The second kappa shape index (κ2) is 7.43. The van der Waals surface area contributed by atoms with Crippen LogP contribution in [0.2, 0.25) is 0 Å². The number of piperidine rings is 1. The topological polar surface area (TPSA) is 67.9 Å². The van der Waals surface area contributed by atoms with Crippen LogP contribution in [-0.4, -0.2) is 49.3 Å². The molecule has 0 spiro atoms. The van der Waals surface area contributed by atoms with Gasteiger partial charge in [-0.25, -0.2) is 0 Å². The average Bonchev–Trinajstić information content (AvgIpc) is 3.08. The van der Waals surface area contributed by atoms with Gasteiger partial charge in [0.1, 0.15) is 0 Å². The van der Waals surface area contributed by atoms with Crippen LogP contribution in [0, 0.1) is 5.92 Å². The molecule has 142 valence electrons. The number of carbonyl (C=O) groups excluding carboxylic acids is 2. The fourth-order valence-corrected chi connectivity index (χ4v) is 3.09. The molecule has 0 unspecified atom stereocenters. The summed E-state index contributed by atoms with van der Waals surface area (Å²) in [6.45, 7) is 0.502. The molecule has 9 heteroatoms. The summed E-state index contributed by atoms with van der Waals surface area (Å²) in [6.07, 6.45) is -3.79. The zero-order chi connectivity index (χ0) is 18.7. The van der Waals surface area contributed by atoms with Gasteiger partial charge in [-0.05, 0) is 37.0 Å². The first-order chi connectivity index (χ1) is 12.3. The molecule has 0 aromatic heterocycles. The van der Waals surface area contributed by atoms with Crippen molar-refractivity contribution >= 4 is 11.8 Å². The minimum absolute atomic E-state index is 0.0570. The van der Waals surface area contributed by atoms with Gasteiger partial charge in [0, 0.05) is 25.6 Å². The highest BCUT2D eigenvalue weighted by molar-refractivity contribution is 5.83. The summed E-state index contributed by atoms with van der Waals surface area (Å²) >= 11 is 0. The number of hydrogen-bond acceptors (Lipinski definition) is 4. The maximum Gasteiger partial charge on any atom is 0.471 e. The summed E-state index contributed by atoms with van der Waals surface area (Å²) in [6, 6.07) is 5.56. The number of fused-ring (bicyclic) bond motifs is 1. The normalized spacial score (nSPS) is 17.3. The quantitative estimate of drug-likeness (QED) is 0.876. The van der Waals surface area contributed by atoms with Gasteiger partial charge in [-0.3, -0.25) is 9.59 Å². The fraction of sp³-hybridized carbons (Fsp3) is 0.529. The Morgan fingerprint density at radius 3 is 2.54 bits per heavy atom. The first-order valence-corrected chi connectivity index (χ1v) is 8.37. The number of alkyl halides is 3. The zero-order valence-corrected chi connectivity index (χ0v) is 14.0. The van der Waals surface area contributed by atoms with E-state index in [1.807, 2.05) is 18.2 Å². The summed E-state index contributed by atoms with van der Waals surface area (Å²) in [4.78, 5) is 24.1. The van der Waals surface area contributed by atoms with Crippen LogP contribution in [0.15, 0.2) is 18.2 Å². The maximum absolute atomic E-state index is 12.4. The van der Waals surface area contributed by atoms with Crippen LogP contribution >= 0.6 is 0 Å². The van der Waals surface area contributed by atoms with Crippen molar-refractivity contribution in [1.82, 2.24) is 10.2 Å². The SMILES string of the molecule is O=C(NCCc1ccc2c(c1)OCO2)C1CCN(C(=O)C(F)(F)F)CC1. The van der Waals surface area contributed by atoms with E-state index in [2.05, 4.69) is 5.32 Å².